The van der Waals surface area contributed by atoms with Crippen LogP contribution in [0, 0.1) is 17.8 Å². The van der Waals surface area contributed by atoms with E-state index in [0.717, 1.165) is 24.7 Å². The van der Waals surface area contributed by atoms with E-state index in [9.17, 15) is 4.79 Å². The first-order chi connectivity index (χ1) is 7.52. The molecule has 0 saturated heterocycles. The maximum Gasteiger partial charge on any atom is 0.223 e. The molecule has 2 saturated carbocycles. The van der Waals surface area contributed by atoms with Gasteiger partial charge in [0, 0.05) is 19.1 Å². The minimum absolute atomic E-state index is 0.236. The van der Waals surface area contributed by atoms with Crippen LogP contribution in [0.1, 0.15) is 40.0 Å². The van der Waals surface area contributed by atoms with Crippen LogP contribution in [0.4, 0.5) is 0 Å². The Hall–Kier alpha value is -0.570. The van der Waals surface area contributed by atoms with E-state index in [1.807, 2.05) is 20.8 Å². The molecule has 0 heterocycles. The first-order valence-corrected chi connectivity index (χ1v) is 6.43. The van der Waals surface area contributed by atoms with Crippen molar-refractivity contribution < 1.29 is 9.53 Å². The summed E-state index contributed by atoms with van der Waals surface area (Å²) in [6, 6.07) is 0. The average molecular weight is 225 g/mol. The summed E-state index contributed by atoms with van der Waals surface area (Å²) < 4.78 is 5.56. The molecule has 0 aromatic heterocycles. The molecule has 3 nitrogen and oxygen atoms in total. The van der Waals surface area contributed by atoms with Crippen molar-refractivity contribution in [3.8, 4) is 0 Å². The lowest BCUT2D eigenvalue weighted by atomic mass is 10.0. The Morgan fingerprint density at radius 1 is 1.31 bits per heavy atom. The van der Waals surface area contributed by atoms with E-state index in [4.69, 9.17) is 4.74 Å². The van der Waals surface area contributed by atoms with Gasteiger partial charge in [-0.3, -0.25) is 4.79 Å². The van der Waals surface area contributed by atoms with Crippen molar-refractivity contribution in [1.29, 1.82) is 0 Å². The highest BCUT2D eigenvalue weighted by Crippen LogP contribution is 2.54. The van der Waals surface area contributed by atoms with Crippen LogP contribution in [0.2, 0.25) is 0 Å². The summed E-state index contributed by atoms with van der Waals surface area (Å²) in [6.07, 6.45) is 3.60. The van der Waals surface area contributed by atoms with E-state index >= 15 is 0 Å². The predicted molar refractivity (Wildman–Crippen MR) is 63.0 cm³/mol. The zero-order chi connectivity index (χ0) is 11.8. The number of rotatable bonds is 5. The average Bonchev–Trinajstić information content (AvgIpc) is 2.82. The van der Waals surface area contributed by atoms with Crippen molar-refractivity contribution in [3.05, 3.63) is 0 Å². The minimum Gasteiger partial charge on any atom is -0.374 e. The van der Waals surface area contributed by atoms with Crippen LogP contribution in [0.25, 0.3) is 0 Å². The molecule has 16 heavy (non-hydrogen) atoms. The highest BCUT2D eigenvalue weighted by Gasteiger charge is 2.48. The fourth-order valence-corrected chi connectivity index (χ4v) is 2.81. The molecule has 2 unspecified atom stereocenters. The van der Waals surface area contributed by atoms with Crippen molar-refractivity contribution in [2.45, 2.75) is 45.6 Å². The van der Waals surface area contributed by atoms with Gasteiger partial charge in [0.05, 0.1) is 5.60 Å². The van der Waals surface area contributed by atoms with Crippen molar-refractivity contribution in [3.63, 3.8) is 0 Å². The zero-order valence-corrected chi connectivity index (χ0v) is 10.6. The molecule has 1 N–H and O–H groups in total. The third kappa shape index (κ3) is 2.76. The van der Waals surface area contributed by atoms with E-state index < -0.39 is 0 Å². The Kier molecular flexibility index (Phi) is 3.24. The first kappa shape index (κ1) is 11.9. The fourth-order valence-electron chi connectivity index (χ4n) is 2.81. The van der Waals surface area contributed by atoms with Crippen molar-refractivity contribution in [2.24, 2.45) is 17.8 Å². The molecule has 92 valence electrons. The van der Waals surface area contributed by atoms with Gasteiger partial charge in [-0.15, -0.1) is 0 Å². The lowest BCUT2D eigenvalue weighted by molar-refractivity contribution is -0.126. The summed E-state index contributed by atoms with van der Waals surface area (Å²) in [5, 5.41) is 3.03. The summed E-state index contributed by atoms with van der Waals surface area (Å²) in [7, 11) is 0. The Morgan fingerprint density at radius 3 is 2.50 bits per heavy atom. The molecule has 2 atom stereocenters. The van der Waals surface area contributed by atoms with Gasteiger partial charge < -0.3 is 10.1 Å². The van der Waals surface area contributed by atoms with E-state index in [1.165, 1.54) is 6.42 Å². The molecule has 1 amide bonds. The number of carbonyl (C=O) groups excluding carboxylic acids is 1. The van der Waals surface area contributed by atoms with Gasteiger partial charge in [0.1, 0.15) is 0 Å². The lowest BCUT2D eigenvalue weighted by Gasteiger charge is -2.25. The van der Waals surface area contributed by atoms with Gasteiger partial charge in [-0.2, -0.15) is 0 Å². The quantitative estimate of drug-likeness (QED) is 0.777. The highest BCUT2D eigenvalue weighted by molar-refractivity contribution is 5.79. The molecule has 2 fully saturated rings. The van der Waals surface area contributed by atoms with Gasteiger partial charge in [-0.05, 0) is 51.9 Å². The summed E-state index contributed by atoms with van der Waals surface area (Å²) >= 11 is 0. The largest absolute Gasteiger partial charge is 0.374 e. The number of hydrogen-bond acceptors (Lipinski definition) is 2. The molecule has 3 heteroatoms. The molecule has 0 aliphatic heterocycles. The molecule has 2 aliphatic carbocycles. The molecular formula is C13H23NO2. The fraction of sp³-hybridized carbons (Fsp3) is 0.923. The second-order valence-corrected chi connectivity index (χ2v) is 5.83. The SMILES string of the molecule is CCOC(C)(C)CNC(=O)C1CC2CC2C1. The Balaban J connectivity index is 1.71. The Labute approximate surface area is 97.9 Å². The maximum absolute atomic E-state index is 11.9. The maximum atomic E-state index is 11.9. The van der Waals surface area contributed by atoms with Gasteiger partial charge >= 0.3 is 0 Å². The highest BCUT2D eigenvalue weighted by atomic mass is 16.5. The molecule has 0 spiro atoms. The van der Waals surface area contributed by atoms with E-state index in [0.29, 0.717) is 13.2 Å². The molecule has 2 aliphatic rings. The first-order valence-electron chi connectivity index (χ1n) is 6.43. The predicted octanol–water partition coefficient (Wildman–Crippen LogP) is 1.96. The van der Waals surface area contributed by atoms with E-state index in [-0.39, 0.29) is 17.4 Å². The van der Waals surface area contributed by atoms with E-state index in [1.54, 1.807) is 0 Å². The monoisotopic (exact) mass is 225 g/mol. The van der Waals surface area contributed by atoms with Crippen molar-refractivity contribution in [1.82, 2.24) is 5.32 Å². The Morgan fingerprint density at radius 2 is 1.94 bits per heavy atom. The van der Waals surface area contributed by atoms with Gasteiger partial charge in [-0.25, -0.2) is 0 Å². The summed E-state index contributed by atoms with van der Waals surface area (Å²) in [5.74, 6) is 2.26. The van der Waals surface area contributed by atoms with Crippen LogP contribution >= 0.6 is 0 Å². The number of carbonyl (C=O) groups is 1. The second-order valence-electron chi connectivity index (χ2n) is 5.83. The number of ether oxygens (including phenoxy) is 1. The third-order valence-corrected chi connectivity index (χ3v) is 3.84. The molecule has 0 bridgehead atoms. The van der Waals surface area contributed by atoms with Crippen LogP contribution in [0.15, 0.2) is 0 Å². The van der Waals surface area contributed by atoms with Crippen LogP contribution in [0.3, 0.4) is 0 Å². The number of hydrogen-bond donors (Lipinski definition) is 1. The van der Waals surface area contributed by atoms with Crippen LogP contribution in [-0.4, -0.2) is 24.7 Å². The topological polar surface area (TPSA) is 38.3 Å². The standard InChI is InChI=1S/C13H23NO2/c1-4-16-13(2,3)8-14-12(15)11-6-9-5-10(9)7-11/h9-11H,4-8H2,1-3H3,(H,14,15). The van der Waals surface area contributed by atoms with Crippen LogP contribution in [-0.2, 0) is 9.53 Å². The zero-order valence-electron chi connectivity index (χ0n) is 10.6. The molecule has 0 aromatic carbocycles. The molecule has 0 aromatic rings. The van der Waals surface area contributed by atoms with Crippen molar-refractivity contribution >= 4 is 5.91 Å². The molecule has 2 rings (SSSR count). The second kappa shape index (κ2) is 4.36. The molecule has 0 radical (unpaired) electrons. The summed E-state index contributed by atoms with van der Waals surface area (Å²) in [6.45, 7) is 7.32. The Bertz CT molecular complexity index is 265. The number of nitrogens with one attached hydrogen (secondary N) is 1. The van der Waals surface area contributed by atoms with Crippen molar-refractivity contribution in [2.75, 3.05) is 13.2 Å². The van der Waals surface area contributed by atoms with Gasteiger partial charge in [-0.1, -0.05) is 0 Å². The number of fused-ring (bicyclic) bond motifs is 1. The lowest BCUT2D eigenvalue weighted by Crippen LogP contribution is -2.42. The summed E-state index contributed by atoms with van der Waals surface area (Å²) in [5.41, 5.74) is -0.244. The van der Waals surface area contributed by atoms with Gasteiger partial charge in [0.25, 0.3) is 0 Å². The smallest absolute Gasteiger partial charge is 0.223 e. The molecular weight excluding hydrogens is 202 g/mol. The normalized spacial score (nSPS) is 32.3. The third-order valence-electron chi connectivity index (χ3n) is 3.84. The van der Waals surface area contributed by atoms with Crippen LogP contribution < -0.4 is 5.32 Å². The van der Waals surface area contributed by atoms with Gasteiger partial charge in [0.2, 0.25) is 5.91 Å². The van der Waals surface area contributed by atoms with Gasteiger partial charge in [0.15, 0.2) is 0 Å². The van der Waals surface area contributed by atoms with E-state index in [2.05, 4.69) is 5.32 Å². The van der Waals surface area contributed by atoms with Crippen LogP contribution in [0.5, 0.6) is 0 Å². The minimum atomic E-state index is -0.244. The summed E-state index contributed by atoms with van der Waals surface area (Å²) in [4.78, 5) is 11.9. The number of amides is 1.